The van der Waals surface area contributed by atoms with Crippen molar-refractivity contribution in [1.82, 2.24) is 0 Å². The van der Waals surface area contributed by atoms with E-state index in [9.17, 15) is 0 Å². The lowest BCUT2D eigenvalue weighted by Gasteiger charge is -2.17. The molecule has 0 saturated carbocycles. The summed E-state index contributed by atoms with van der Waals surface area (Å²) in [6.45, 7) is 2.81. The summed E-state index contributed by atoms with van der Waals surface area (Å²) < 4.78 is 5.19. The van der Waals surface area contributed by atoms with E-state index < -0.39 is 0 Å². The van der Waals surface area contributed by atoms with Crippen LogP contribution in [0.2, 0.25) is 0 Å². The minimum Gasteiger partial charge on any atom is -1.00 e. The highest BCUT2D eigenvalue weighted by molar-refractivity contribution is 6.18. The van der Waals surface area contributed by atoms with Crippen molar-refractivity contribution >= 4 is 23.2 Å². The molecule has 2 nitrogen and oxygen atoms in total. The summed E-state index contributed by atoms with van der Waals surface area (Å²) in [6.07, 6.45) is 0. The molecule has 1 aromatic rings. The average molecular weight is 299 g/mol. The number of benzene rings is 1. The van der Waals surface area contributed by atoms with E-state index >= 15 is 0 Å². The summed E-state index contributed by atoms with van der Waals surface area (Å²) in [5, 5.41) is 0. The molecule has 0 aliphatic rings. The Morgan fingerprint density at radius 3 is 2.35 bits per heavy atom. The number of alkyl halides is 2. The molecule has 0 aromatic heterocycles. The lowest BCUT2D eigenvalue weighted by atomic mass is 10.2. The van der Waals surface area contributed by atoms with Gasteiger partial charge in [0.25, 0.3) is 0 Å². The second-order valence-corrected chi connectivity index (χ2v) is 4.41. The molecule has 0 aliphatic heterocycles. The van der Waals surface area contributed by atoms with Crippen LogP contribution in [0.15, 0.2) is 24.3 Å². The number of ether oxygens (including phenoxy) is 1. The van der Waals surface area contributed by atoms with Crippen LogP contribution in [-0.4, -0.2) is 32.0 Å². The van der Waals surface area contributed by atoms with Crippen molar-refractivity contribution in [3.63, 3.8) is 0 Å². The van der Waals surface area contributed by atoms with Gasteiger partial charge in [-0.25, -0.2) is 0 Å². The Kier molecular flexibility index (Phi) is 9.75. The van der Waals surface area contributed by atoms with Crippen molar-refractivity contribution in [2.75, 3.05) is 32.0 Å². The minimum absolute atomic E-state index is 0. The molecule has 1 N–H and O–H groups in total. The van der Waals surface area contributed by atoms with E-state index in [1.54, 1.807) is 7.11 Å². The van der Waals surface area contributed by atoms with E-state index in [-0.39, 0.29) is 12.4 Å². The summed E-state index contributed by atoms with van der Waals surface area (Å²) in [5.74, 6) is 2.22. The summed E-state index contributed by atoms with van der Waals surface area (Å²) in [4.78, 5) is 1.40. The molecule has 17 heavy (non-hydrogen) atoms. The van der Waals surface area contributed by atoms with Gasteiger partial charge in [0.15, 0.2) is 0 Å². The van der Waals surface area contributed by atoms with Gasteiger partial charge in [0.2, 0.25) is 0 Å². The zero-order valence-electron chi connectivity index (χ0n) is 9.89. The van der Waals surface area contributed by atoms with Crippen LogP contribution in [0.1, 0.15) is 5.56 Å². The zero-order valence-corrected chi connectivity index (χ0v) is 12.2. The number of quaternary nitrogens is 1. The standard InChI is InChI=1S/C12H17Cl2NO.ClH/c1-16-12-4-2-3-11(9-12)10-15(7-5-13)8-6-14;/h2-4,9H,5-8,10H2,1H3;1H. The first kappa shape index (κ1) is 16.9. The quantitative estimate of drug-likeness (QED) is 0.609. The number of hydrogen-bond donors (Lipinski definition) is 1. The minimum atomic E-state index is 0. The van der Waals surface area contributed by atoms with Gasteiger partial charge in [-0.15, -0.1) is 23.2 Å². The number of halogens is 3. The summed E-state index contributed by atoms with van der Waals surface area (Å²) >= 11 is 11.5. The van der Waals surface area contributed by atoms with Gasteiger partial charge in [0.05, 0.1) is 32.0 Å². The Balaban J connectivity index is 0.00000256. The van der Waals surface area contributed by atoms with Gasteiger partial charge in [-0.3, -0.25) is 0 Å². The fourth-order valence-corrected chi connectivity index (χ4v) is 2.17. The van der Waals surface area contributed by atoms with Crippen molar-refractivity contribution in [1.29, 1.82) is 0 Å². The van der Waals surface area contributed by atoms with Crippen LogP contribution in [-0.2, 0) is 6.54 Å². The van der Waals surface area contributed by atoms with E-state index in [0.29, 0.717) is 11.8 Å². The van der Waals surface area contributed by atoms with E-state index in [1.807, 2.05) is 12.1 Å². The van der Waals surface area contributed by atoms with Gasteiger partial charge in [0, 0.05) is 5.56 Å². The highest BCUT2D eigenvalue weighted by Gasteiger charge is 2.08. The second kappa shape index (κ2) is 9.84. The Morgan fingerprint density at radius 2 is 1.82 bits per heavy atom. The Labute approximate surface area is 119 Å². The monoisotopic (exact) mass is 297 g/mol. The van der Waals surface area contributed by atoms with Gasteiger partial charge in [0.1, 0.15) is 12.3 Å². The maximum atomic E-state index is 5.77. The number of hydrogen-bond acceptors (Lipinski definition) is 1. The normalized spacial score (nSPS) is 10.1. The van der Waals surface area contributed by atoms with E-state index in [4.69, 9.17) is 27.9 Å². The number of nitrogens with one attached hydrogen (secondary N) is 1. The highest BCUT2D eigenvalue weighted by Crippen LogP contribution is 2.11. The summed E-state index contributed by atoms with van der Waals surface area (Å²) in [7, 11) is 1.68. The van der Waals surface area contributed by atoms with Crippen LogP contribution < -0.4 is 22.0 Å². The molecule has 98 valence electrons. The summed E-state index contributed by atoms with van der Waals surface area (Å²) in [5.41, 5.74) is 1.25. The maximum absolute atomic E-state index is 5.77. The Bertz CT molecular complexity index is 304. The predicted molar refractivity (Wildman–Crippen MR) is 68.8 cm³/mol. The SMILES string of the molecule is COc1cccc(C[NH+](CCCl)CCCl)c1.[Cl-]. The van der Waals surface area contributed by atoms with E-state index in [0.717, 1.165) is 25.4 Å². The highest BCUT2D eigenvalue weighted by atomic mass is 35.5. The molecular formula is C12H18Cl3NO. The first-order valence-corrected chi connectivity index (χ1v) is 6.45. The van der Waals surface area contributed by atoms with Gasteiger partial charge >= 0.3 is 0 Å². The number of methoxy groups -OCH3 is 1. The molecule has 0 radical (unpaired) electrons. The van der Waals surface area contributed by atoms with Crippen molar-refractivity contribution in [2.45, 2.75) is 6.54 Å². The maximum Gasteiger partial charge on any atom is 0.119 e. The molecule has 1 aromatic carbocycles. The van der Waals surface area contributed by atoms with Crippen LogP contribution in [0.4, 0.5) is 0 Å². The van der Waals surface area contributed by atoms with E-state index in [1.165, 1.54) is 10.5 Å². The van der Waals surface area contributed by atoms with Crippen LogP contribution in [0.25, 0.3) is 0 Å². The fourth-order valence-electron chi connectivity index (χ4n) is 1.64. The van der Waals surface area contributed by atoms with Crippen LogP contribution in [0.5, 0.6) is 5.75 Å². The molecule has 0 spiro atoms. The number of rotatable bonds is 7. The van der Waals surface area contributed by atoms with Crippen LogP contribution >= 0.6 is 23.2 Å². The van der Waals surface area contributed by atoms with Gasteiger partial charge in [-0.05, 0) is 12.1 Å². The Hall–Kier alpha value is -0.150. The first-order chi connectivity index (χ1) is 7.80. The topological polar surface area (TPSA) is 13.7 Å². The lowest BCUT2D eigenvalue weighted by Crippen LogP contribution is -3.11. The third-order valence-electron chi connectivity index (χ3n) is 2.48. The molecule has 0 amide bonds. The molecule has 0 fully saturated rings. The van der Waals surface area contributed by atoms with Gasteiger partial charge in [-0.1, -0.05) is 12.1 Å². The average Bonchev–Trinajstić information content (AvgIpc) is 2.30. The predicted octanol–water partition coefficient (Wildman–Crippen LogP) is -1.44. The third kappa shape index (κ3) is 6.37. The molecule has 0 atom stereocenters. The molecule has 0 saturated heterocycles. The molecule has 0 unspecified atom stereocenters. The molecule has 5 heteroatoms. The fraction of sp³-hybridized carbons (Fsp3) is 0.500. The smallest absolute Gasteiger partial charge is 0.119 e. The van der Waals surface area contributed by atoms with E-state index in [2.05, 4.69) is 12.1 Å². The first-order valence-electron chi connectivity index (χ1n) is 5.38. The largest absolute Gasteiger partial charge is 1.00 e. The van der Waals surface area contributed by atoms with Gasteiger partial charge < -0.3 is 22.0 Å². The molecular weight excluding hydrogens is 280 g/mol. The van der Waals surface area contributed by atoms with Crippen LogP contribution in [0, 0.1) is 0 Å². The Morgan fingerprint density at radius 1 is 1.18 bits per heavy atom. The lowest BCUT2D eigenvalue weighted by molar-refractivity contribution is -0.909. The van der Waals surface area contributed by atoms with Crippen molar-refractivity contribution in [3.05, 3.63) is 29.8 Å². The second-order valence-electron chi connectivity index (χ2n) is 3.66. The van der Waals surface area contributed by atoms with Gasteiger partial charge in [-0.2, -0.15) is 0 Å². The van der Waals surface area contributed by atoms with Crippen molar-refractivity contribution < 1.29 is 22.0 Å². The molecule has 0 aliphatic carbocycles. The molecule has 1 rings (SSSR count). The van der Waals surface area contributed by atoms with Crippen molar-refractivity contribution in [3.8, 4) is 5.75 Å². The summed E-state index contributed by atoms with van der Waals surface area (Å²) in [6, 6.07) is 8.12. The molecule has 0 bridgehead atoms. The molecule has 0 heterocycles. The zero-order chi connectivity index (χ0) is 11.8. The third-order valence-corrected chi connectivity index (χ3v) is 2.86. The van der Waals surface area contributed by atoms with Crippen molar-refractivity contribution in [2.24, 2.45) is 0 Å². The van der Waals surface area contributed by atoms with Crippen LogP contribution in [0.3, 0.4) is 0 Å².